The Morgan fingerprint density at radius 3 is 2.65 bits per heavy atom. The number of sulfonamides is 1. The van der Waals surface area contributed by atoms with Crippen LogP contribution in [0.5, 0.6) is 0 Å². The van der Waals surface area contributed by atoms with Crippen molar-refractivity contribution in [2.24, 2.45) is 0 Å². The van der Waals surface area contributed by atoms with Crippen molar-refractivity contribution in [1.82, 2.24) is 5.32 Å². The molecule has 0 saturated heterocycles. The van der Waals surface area contributed by atoms with Gasteiger partial charge in [0, 0.05) is 23.3 Å². The van der Waals surface area contributed by atoms with Crippen LogP contribution in [0.2, 0.25) is 5.02 Å². The summed E-state index contributed by atoms with van der Waals surface area (Å²) in [5.41, 5.74) is 0.488. The fourth-order valence-electron chi connectivity index (χ4n) is 1.26. The molecule has 0 aromatic heterocycles. The van der Waals surface area contributed by atoms with Gasteiger partial charge in [0.25, 0.3) is 0 Å². The normalized spacial score (nSPS) is 11.8. The van der Waals surface area contributed by atoms with Gasteiger partial charge >= 0.3 is 0 Å². The highest BCUT2D eigenvalue weighted by Crippen LogP contribution is 2.15. The molecule has 0 saturated carbocycles. The van der Waals surface area contributed by atoms with Crippen molar-refractivity contribution in [3.05, 3.63) is 29.3 Å². The van der Waals surface area contributed by atoms with E-state index in [2.05, 4.69) is 10.0 Å². The molecule has 96 valence electrons. The molecule has 0 radical (unpaired) electrons. The Morgan fingerprint density at radius 1 is 1.35 bits per heavy atom. The predicted octanol–water partition coefficient (Wildman–Crippen LogP) is 2.08. The molecule has 0 spiro atoms. The molecule has 2 N–H and O–H groups in total. The van der Waals surface area contributed by atoms with Crippen LogP contribution in [-0.2, 0) is 10.0 Å². The zero-order valence-corrected chi connectivity index (χ0v) is 11.5. The van der Waals surface area contributed by atoms with Gasteiger partial charge < -0.3 is 5.32 Å². The van der Waals surface area contributed by atoms with Gasteiger partial charge in [-0.1, -0.05) is 31.5 Å². The van der Waals surface area contributed by atoms with Crippen molar-refractivity contribution < 1.29 is 8.42 Å². The van der Waals surface area contributed by atoms with Crippen LogP contribution in [0, 0.1) is 0 Å². The molecule has 6 heteroatoms. The minimum absolute atomic E-state index is 0.0394. The summed E-state index contributed by atoms with van der Waals surface area (Å²) in [6.45, 7) is 4.36. The first-order valence-corrected chi connectivity index (χ1v) is 7.41. The van der Waals surface area contributed by atoms with Gasteiger partial charge in [-0.05, 0) is 18.2 Å². The fraction of sp³-hybridized carbons (Fsp3) is 0.455. The first-order valence-electron chi connectivity index (χ1n) is 5.38. The Hall–Kier alpha value is -0.780. The van der Waals surface area contributed by atoms with E-state index in [0.29, 0.717) is 17.3 Å². The molecule has 1 aromatic carbocycles. The van der Waals surface area contributed by atoms with Crippen molar-refractivity contribution in [3.63, 3.8) is 0 Å². The molecule has 4 nitrogen and oxygen atoms in total. The lowest BCUT2D eigenvalue weighted by molar-refractivity contribution is 0.582. The Morgan fingerprint density at radius 2 is 2.06 bits per heavy atom. The Balaban J connectivity index is 2.55. The van der Waals surface area contributed by atoms with E-state index in [-0.39, 0.29) is 11.8 Å². The van der Waals surface area contributed by atoms with E-state index >= 15 is 0 Å². The number of rotatable bonds is 6. The van der Waals surface area contributed by atoms with Gasteiger partial charge in [0.2, 0.25) is 10.0 Å². The molecule has 0 amide bonds. The van der Waals surface area contributed by atoms with Crippen LogP contribution >= 0.6 is 11.6 Å². The molecule has 0 heterocycles. The Kier molecular flexibility index (Phi) is 5.24. The van der Waals surface area contributed by atoms with Gasteiger partial charge in [0.05, 0.1) is 5.75 Å². The molecule has 0 unspecified atom stereocenters. The minimum Gasteiger partial charge on any atom is -0.313 e. The van der Waals surface area contributed by atoms with Crippen molar-refractivity contribution >= 4 is 27.3 Å². The van der Waals surface area contributed by atoms with Crippen LogP contribution in [0.3, 0.4) is 0 Å². The molecule has 0 aliphatic heterocycles. The number of hydrogen-bond acceptors (Lipinski definition) is 3. The van der Waals surface area contributed by atoms with Gasteiger partial charge in [0.15, 0.2) is 0 Å². The maximum absolute atomic E-state index is 11.7. The second-order valence-corrected chi connectivity index (χ2v) is 6.32. The maximum Gasteiger partial charge on any atom is 0.233 e. The van der Waals surface area contributed by atoms with Gasteiger partial charge in [-0.15, -0.1) is 0 Å². The van der Waals surface area contributed by atoms with Crippen LogP contribution in [0.15, 0.2) is 24.3 Å². The summed E-state index contributed by atoms with van der Waals surface area (Å²) in [7, 11) is -3.32. The largest absolute Gasteiger partial charge is 0.313 e. The quantitative estimate of drug-likeness (QED) is 0.836. The van der Waals surface area contributed by atoms with Crippen molar-refractivity contribution in [2.45, 2.75) is 19.9 Å². The predicted molar refractivity (Wildman–Crippen MR) is 72.0 cm³/mol. The molecular weight excluding hydrogens is 260 g/mol. The van der Waals surface area contributed by atoms with Gasteiger partial charge in [-0.2, -0.15) is 0 Å². The van der Waals surface area contributed by atoms with Crippen molar-refractivity contribution in [3.8, 4) is 0 Å². The highest BCUT2D eigenvalue weighted by atomic mass is 35.5. The Labute approximate surface area is 107 Å². The number of hydrogen-bond donors (Lipinski definition) is 2. The summed E-state index contributed by atoms with van der Waals surface area (Å²) in [5.74, 6) is 0.0394. The van der Waals surface area contributed by atoms with E-state index < -0.39 is 10.0 Å². The third-order valence-corrected chi connectivity index (χ3v) is 3.54. The number of nitrogens with one attached hydrogen (secondary N) is 2. The first-order chi connectivity index (χ1) is 7.89. The van der Waals surface area contributed by atoms with Crippen LogP contribution in [0.4, 0.5) is 5.69 Å². The van der Waals surface area contributed by atoms with E-state index in [1.807, 2.05) is 13.8 Å². The molecule has 1 aromatic rings. The lowest BCUT2D eigenvalue weighted by atomic mass is 10.3. The SMILES string of the molecule is CC(C)NCCS(=O)(=O)Nc1cccc(Cl)c1. The second-order valence-electron chi connectivity index (χ2n) is 4.04. The molecule has 0 atom stereocenters. The zero-order valence-electron chi connectivity index (χ0n) is 9.90. The van der Waals surface area contributed by atoms with Crippen LogP contribution in [0.25, 0.3) is 0 Å². The number of benzene rings is 1. The van der Waals surface area contributed by atoms with Gasteiger partial charge in [-0.3, -0.25) is 4.72 Å². The highest BCUT2D eigenvalue weighted by Gasteiger charge is 2.10. The zero-order chi connectivity index (χ0) is 12.9. The van der Waals surface area contributed by atoms with Gasteiger partial charge in [-0.25, -0.2) is 8.42 Å². The van der Waals surface area contributed by atoms with Crippen molar-refractivity contribution in [2.75, 3.05) is 17.0 Å². The summed E-state index contributed by atoms with van der Waals surface area (Å²) in [4.78, 5) is 0. The van der Waals surface area contributed by atoms with E-state index in [4.69, 9.17) is 11.6 Å². The molecule has 1 rings (SSSR count). The maximum atomic E-state index is 11.7. The first kappa shape index (κ1) is 14.3. The molecule has 0 aliphatic rings. The molecule has 0 bridgehead atoms. The van der Waals surface area contributed by atoms with Crippen LogP contribution < -0.4 is 10.0 Å². The summed E-state index contributed by atoms with van der Waals surface area (Å²) in [6, 6.07) is 6.91. The third kappa shape index (κ3) is 5.91. The topological polar surface area (TPSA) is 58.2 Å². The van der Waals surface area contributed by atoms with E-state index in [1.165, 1.54) is 0 Å². The van der Waals surface area contributed by atoms with Crippen LogP contribution in [-0.4, -0.2) is 26.8 Å². The fourth-order valence-corrected chi connectivity index (χ4v) is 2.43. The highest BCUT2D eigenvalue weighted by molar-refractivity contribution is 7.92. The summed E-state index contributed by atoms with van der Waals surface area (Å²) < 4.78 is 25.9. The van der Waals surface area contributed by atoms with E-state index in [0.717, 1.165) is 0 Å². The average Bonchev–Trinajstić information content (AvgIpc) is 2.15. The molecular formula is C11H17ClN2O2S. The monoisotopic (exact) mass is 276 g/mol. The lowest BCUT2D eigenvalue weighted by Gasteiger charge is -2.10. The minimum atomic E-state index is -3.32. The van der Waals surface area contributed by atoms with Gasteiger partial charge in [0.1, 0.15) is 0 Å². The van der Waals surface area contributed by atoms with E-state index in [9.17, 15) is 8.42 Å². The average molecular weight is 277 g/mol. The second kappa shape index (κ2) is 6.23. The van der Waals surface area contributed by atoms with E-state index in [1.54, 1.807) is 24.3 Å². The Bertz CT molecular complexity index is 460. The smallest absolute Gasteiger partial charge is 0.233 e. The molecule has 0 aliphatic carbocycles. The lowest BCUT2D eigenvalue weighted by Crippen LogP contribution is -2.30. The number of anilines is 1. The van der Waals surface area contributed by atoms with Crippen molar-refractivity contribution in [1.29, 1.82) is 0 Å². The summed E-state index contributed by atoms with van der Waals surface area (Å²) in [6.07, 6.45) is 0. The third-order valence-electron chi connectivity index (χ3n) is 2.02. The standard InChI is InChI=1S/C11H17ClN2O2S/c1-9(2)13-6-7-17(15,16)14-11-5-3-4-10(12)8-11/h3-5,8-9,13-14H,6-7H2,1-2H3. The summed E-state index contributed by atoms with van der Waals surface area (Å²) >= 11 is 5.77. The number of halogens is 1. The molecule has 17 heavy (non-hydrogen) atoms. The van der Waals surface area contributed by atoms with Crippen LogP contribution in [0.1, 0.15) is 13.8 Å². The summed E-state index contributed by atoms with van der Waals surface area (Å²) in [5, 5.41) is 3.56. The molecule has 0 fully saturated rings.